The van der Waals surface area contributed by atoms with Crippen molar-refractivity contribution in [1.29, 1.82) is 0 Å². The highest BCUT2D eigenvalue weighted by Crippen LogP contribution is 2.28. The molecule has 20 heavy (non-hydrogen) atoms. The average Bonchev–Trinajstić information content (AvgIpc) is 2.42. The largest absolute Gasteiger partial charge is 0.301 e. The lowest BCUT2D eigenvalue weighted by molar-refractivity contribution is 0.188. The first-order valence-electron chi connectivity index (χ1n) is 6.62. The molecule has 1 aliphatic heterocycles. The van der Waals surface area contributed by atoms with Crippen LogP contribution in [0.25, 0.3) is 0 Å². The molecule has 4 nitrogen and oxygen atoms in total. The molecular formula is C13H18Cl2N2O2S. The van der Waals surface area contributed by atoms with E-state index in [0.717, 1.165) is 26.1 Å². The van der Waals surface area contributed by atoms with E-state index in [0.29, 0.717) is 18.1 Å². The standard InChI is InChI=1S/C13H18Cl2N2O2S/c1-2-5-16-6-8-17(9-7-16)20(18,19)13-10-11(14)3-4-12(13)15/h3-4,10H,2,5-9H2,1H3. The molecule has 0 aromatic heterocycles. The Morgan fingerprint density at radius 1 is 1.15 bits per heavy atom. The molecule has 2 rings (SSSR count). The van der Waals surface area contributed by atoms with Gasteiger partial charge in [-0.25, -0.2) is 8.42 Å². The van der Waals surface area contributed by atoms with Gasteiger partial charge in [0.25, 0.3) is 0 Å². The van der Waals surface area contributed by atoms with Crippen LogP contribution in [-0.4, -0.2) is 50.3 Å². The zero-order valence-electron chi connectivity index (χ0n) is 11.3. The summed E-state index contributed by atoms with van der Waals surface area (Å²) in [6, 6.07) is 4.52. The molecule has 0 saturated carbocycles. The van der Waals surface area contributed by atoms with Gasteiger partial charge in [-0.2, -0.15) is 4.31 Å². The minimum Gasteiger partial charge on any atom is -0.301 e. The summed E-state index contributed by atoms with van der Waals surface area (Å²) in [5.74, 6) is 0. The van der Waals surface area contributed by atoms with Crippen molar-refractivity contribution in [3.63, 3.8) is 0 Å². The first-order valence-corrected chi connectivity index (χ1v) is 8.82. The predicted molar refractivity (Wildman–Crippen MR) is 82.0 cm³/mol. The first kappa shape index (κ1) is 16.0. The third-order valence-corrected chi connectivity index (χ3v) is 6.00. The van der Waals surface area contributed by atoms with E-state index in [1.54, 1.807) is 6.07 Å². The molecule has 0 bridgehead atoms. The molecular weight excluding hydrogens is 319 g/mol. The monoisotopic (exact) mass is 336 g/mol. The summed E-state index contributed by atoms with van der Waals surface area (Å²) >= 11 is 11.9. The Labute approximate surface area is 130 Å². The van der Waals surface area contributed by atoms with Crippen LogP contribution >= 0.6 is 23.2 Å². The van der Waals surface area contributed by atoms with Gasteiger partial charge >= 0.3 is 0 Å². The van der Waals surface area contributed by atoms with E-state index >= 15 is 0 Å². The van der Waals surface area contributed by atoms with Crippen molar-refractivity contribution in [2.75, 3.05) is 32.7 Å². The molecule has 0 aliphatic carbocycles. The molecule has 0 unspecified atom stereocenters. The van der Waals surface area contributed by atoms with Crippen LogP contribution in [0.4, 0.5) is 0 Å². The average molecular weight is 337 g/mol. The summed E-state index contributed by atoms with van der Waals surface area (Å²) in [5.41, 5.74) is 0. The number of sulfonamides is 1. The number of piperazine rings is 1. The van der Waals surface area contributed by atoms with Crippen LogP contribution in [-0.2, 0) is 10.0 Å². The minimum absolute atomic E-state index is 0.0932. The maximum Gasteiger partial charge on any atom is 0.244 e. The van der Waals surface area contributed by atoms with Crippen LogP contribution in [0.2, 0.25) is 10.0 Å². The molecule has 1 aliphatic rings. The quantitative estimate of drug-likeness (QED) is 0.848. The maximum absolute atomic E-state index is 12.6. The van der Waals surface area contributed by atoms with E-state index in [9.17, 15) is 8.42 Å². The van der Waals surface area contributed by atoms with Crippen LogP contribution in [0.3, 0.4) is 0 Å². The lowest BCUT2D eigenvalue weighted by atomic mass is 10.3. The topological polar surface area (TPSA) is 40.6 Å². The Kier molecular flexibility index (Phi) is 5.31. The Morgan fingerprint density at radius 2 is 1.80 bits per heavy atom. The minimum atomic E-state index is -3.56. The molecule has 0 N–H and O–H groups in total. The highest BCUT2D eigenvalue weighted by molar-refractivity contribution is 7.89. The molecule has 0 spiro atoms. The Hall–Kier alpha value is -0.330. The van der Waals surface area contributed by atoms with Crippen LogP contribution < -0.4 is 0 Å². The summed E-state index contributed by atoms with van der Waals surface area (Å²) in [6.45, 7) is 5.62. The molecule has 1 heterocycles. The normalized spacial score (nSPS) is 18.4. The van der Waals surface area contributed by atoms with Crippen LogP contribution in [0.5, 0.6) is 0 Å². The molecule has 1 fully saturated rings. The van der Waals surface area contributed by atoms with Gasteiger partial charge in [-0.1, -0.05) is 30.1 Å². The highest BCUT2D eigenvalue weighted by atomic mass is 35.5. The van der Waals surface area contributed by atoms with Gasteiger partial charge in [0.15, 0.2) is 0 Å². The van der Waals surface area contributed by atoms with Gasteiger partial charge < -0.3 is 4.90 Å². The second-order valence-electron chi connectivity index (χ2n) is 4.82. The Bertz CT molecular complexity index is 570. The molecule has 0 amide bonds. The maximum atomic E-state index is 12.6. The fraction of sp³-hybridized carbons (Fsp3) is 0.538. The lowest BCUT2D eigenvalue weighted by Crippen LogP contribution is -2.48. The predicted octanol–water partition coefficient (Wildman–Crippen LogP) is 2.71. The van der Waals surface area contributed by atoms with E-state index in [4.69, 9.17) is 23.2 Å². The van der Waals surface area contributed by atoms with Crippen molar-refractivity contribution in [1.82, 2.24) is 9.21 Å². The summed E-state index contributed by atoms with van der Waals surface area (Å²) in [4.78, 5) is 2.36. The van der Waals surface area contributed by atoms with Crippen molar-refractivity contribution < 1.29 is 8.42 Å². The molecule has 0 atom stereocenters. The van der Waals surface area contributed by atoms with Gasteiger partial charge in [-0.05, 0) is 31.2 Å². The lowest BCUT2D eigenvalue weighted by Gasteiger charge is -2.33. The van der Waals surface area contributed by atoms with Gasteiger partial charge in [-0.15, -0.1) is 0 Å². The van der Waals surface area contributed by atoms with Gasteiger partial charge in [0.05, 0.1) is 5.02 Å². The zero-order chi connectivity index (χ0) is 14.8. The first-order chi connectivity index (χ1) is 9.45. The number of nitrogens with zero attached hydrogens (tertiary/aromatic N) is 2. The SMILES string of the molecule is CCCN1CCN(S(=O)(=O)c2cc(Cl)ccc2Cl)CC1. The third kappa shape index (κ3) is 3.46. The van der Waals surface area contributed by atoms with Crippen molar-refractivity contribution >= 4 is 33.2 Å². The van der Waals surface area contributed by atoms with E-state index < -0.39 is 10.0 Å². The van der Waals surface area contributed by atoms with E-state index in [1.165, 1.54) is 16.4 Å². The molecule has 112 valence electrons. The van der Waals surface area contributed by atoms with Gasteiger partial charge in [-0.3, -0.25) is 0 Å². The molecule has 1 saturated heterocycles. The smallest absolute Gasteiger partial charge is 0.244 e. The fourth-order valence-electron chi connectivity index (χ4n) is 2.32. The molecule has 7 heteroatoms. The number of benzene rings is 1. The summed E-state index contributed by atoms with van der Waals surface area (Å²) < 4.78 is 26.7. The summed E-state index contributed by atoms with van der Waals surface area (Å²) in [7, 11) is -3.56. The van der Waals surface area contributed by atoms with Crippen molar-refractivity contribution in [2.24, 2.45) is 0 Å². The Balaban J connectivity index is 2.18. The molecule has 0 radical (unpaired) electrons. The van der Waals surface area contributed by atoms with Crippen LogP contribution in [0.15, 0.2) is 23.1 Å². The van der Waals surface area contributed by atoms with Gasteiger partial charge in [0.2, 0.25) is 10.0 Å². The van der Waals surface area contributed by atoms with E-state index in [2.05, 4.69) is 11.8 Å². The van der Waals surface area contributed by atoms with E-state index in [1.807, 2.05) is 0 Å². The zero-order valence-corrected chi connectivity index (χ0v) is 13.7. The highest BCUT2D eigenvalue weighted by Gasteiger charge is 2.29. The summed E-state index contributed by atoms with van der Waals surface area (Å²) in [6.07, 6.45) is 1.08. The molecule has 1 aromatic rings. The van der Waals surface area contributed by atoms with Crippen molar-refractivity contribution in [2.45, 2.75) is 18.2 Å². The van der Waals surface area contributed by atoms with Gasteiger partial charge in [0, 0.05) is 31.2 Å². The van der Waals surface area contributed by atoms with Crippen LogP contribution in [0.1, 0.15) is 13.3 Å². The summed E-state index contributed by atoms with van der Waals surface area (Å²) in [5, 5.41) is 0.586. The molecule has 1 aromatic carbocycles. The van der Waals surface area contributed by atoms with E-state index in [-0.39, 0.29) is 9.92 Å². The number of hydrogen-bond acceptors (Lipinski definition) is 3. The third-order valence-electron chi connectivity index (χ3n) is 3.38. The van der Waals surface area contributed by atoms with Crippen LogP contribution in [0, 0.1) is 0 Å². The number of halogens is 2. The van der Waals surface area contributed by atoms with Crippen molar-refractivity contribution in [3.8, 4) is 0 Å². The second-order valence-corrected chi connectivity index (χ2v) is 7.57. The van der Waals surface area contributed by atoms with Crippen molar-refractivity contribution in [3.05, 3.63) is 28.2 Å². The second kappa shape index (κ2) is 6.62. The number of rotatable bonds is 4. The Morgan fingerprint density at radius 3 is 2.40 bits per heavy atom. The number of hydrogen-bond donors (Lipinski definition) is 0. The fourth-order valence-corrected chi connectivity index (χ4v) is 4.48. The van der Waals surface area contributed by atoms with Gasteiger partial charge in [0.1, 0.15) is 4.90 Å².